The molecule has 0 aliphatic heterocycles. The van der Waals surface area contributed by atoms with Crippen LogP contribution in [0.1, 0.15) is 12.5 Å². The van der Waals surface area contributed by atoms with Gasteiger partial charge in [0.2, 0.25) is 10.3 Å². The lowest BCUT2D eigenvalue weighted by Crippen LogP contribution is -2.44. The Hall–Kier alpha value is -2.30. The summed E-state index contributed by atoms with van der Waals surface area (Å²) in [6.07, 6.45) is 3.49. The first kappa shape index (κ1) is 18.0. The molecule has 5 nitrogen and oxygen atoms in total. The molecule has 1 aliphatic rings. The van der Waals surface area contributed by atoms with E-state index < -0.39 is 22.4 Å². The van der Waals surface area contributed by atoms with Crippen molar-refractivity contribution in [2.75, 3.05) is 10.2 Å². The second kappa shape index (κ2) is 7.99. The lowest BCUT2D eigenvalue weighted by atomic mass is 10.0. The van der Waals surface area contributed by atoms with Gasteiger partial charge in [-0.25, -0.2) is 4.79 Å². The van der Waals surface area contributed by atoms with Crippen LogP contribution in [0.25, 0.3) is 0 Å². The van der Waals surface area contributed by atoms with Gasteiger partial charge in [0.05, 0.1) is 16.2 Å². The fourth-order valence-electron chi connectivity index (χ4n) is 2.31. The van der Waals surface area contributed by atoms with Crippen LogP contribution in [0.4, 0.5) is 10.5 Å². The molecule has 0 fully saturated rings. The highest BCUT2D eigenvalue weighted by molar-refractivity contribution is 9.09. The van der Waals surface area contributed by atoms with Gasteiger partial charge in [-0.3, -0.25) is 4.90 Å². The van der Waals surface area contributed by atoms with E-state index in [-0.39, 0.29) is 4.86 Å². The summed E-state index contributed by atoms with van der Waals surface area (Å²) in [7, 11) is -2.52. The Balaban J connectivity index is 2.54. The van der Waals surface area contributed by atoms with Crippen molar-refractivity contribution in [3.63, 3.8) is 0 Å². The predicted octanol–water partition coefficient (Wildman–Crippen LogP) is 2.85. The lowest BCUT2D eigenvalue weighted by Gasteiger charge is -2.28. The van der Waals surface area contributed by atoms with Crippen molar-refractivity contribution >= 4 is 42.9 Å². The first-order valence-electron chi connectivity index (χ1n) is 6.93. The molecule has 1 atom stereocenters. The van der Waals surface area contributed by atoms with Gasteiger partial charge >= 0.3 is 6.09 Å². The molecule has 7 heteroatoms. The molecule has 2 rings (SSSR count). The second-order valence-electron chi connectivity index (χ2n) is 4.97. The number of carbonyl (C=O) groups is 1. The number of halogens is 1. The van der Waals surface area contributed by atoms with Gasteiger partial charge in [0.1, 0.15) is 0 Å². The van der Waals surface area contributed by atoms with Crippen LogP contribution >= 0.6 is 15.9 Å². The van der Waals surface area contributed by atoms with E-state index in [1.807, 2.05) is 0 Å². The van der Waals surface area contributed by atoms with Gasteiger partial charge in [-0.15, -0.1) is 0 Å². The van der Waals surface area contributed by atoms with E-state index in [9.17, 15) is 18.3 Å². The zero-order valence-electron chi connectivity index (χ0n) is 12.7. The summed E-state index contributed by atoms with van der Waals surface area (Å²) in [4.78, 5) is 12.8. The van der Waals surface area contributed by atoms with Crippen LogP contribution in [0, 0.1) is 11.8 Å². The summed E-state index contributed by atoms with van der Waals surface area (Å²) >= 11 is 3.20. The number of benzene rings is 1. The minimum atomic E-state index is -2.52. The number of hydrogen-bond donors (Lipinski definition) is 1. The number of hydrogen-bond acceptors (Lipinski definition) is 3. The first-order valence-corrected chi connectivity index (χ1v) is 9.13. The molecular formula is C17H14BrNO4S. The molecule has 1 amide bonds. The second-order valence-corrected chi connectivity index (χ2v) is 6.47. The smallest absolute Gasteiger partial charge is 0.412 e. The van der Waals surface area contributed by atoms with E-state index in [4.69, 9.17) is 0 Å². The van der Waals surface area contributed by atoms with Crippen LogP contribution in [0.3, 0.4) is 0 Å². The van der Waals surface area contributed by atoms with E-state index in [0.717, 1.165) is 10.5 Å². The van der Waals surface area contributed by atoms with E-state index >= 15 is 0 Å². The Morgan fingerprint density at radius 2 is 2.17 bits per heavy atom. The van der Waals surface area contributed by atoms with E-state index in [2.05, 4.69) is 27.8 Å². The fourth-order valence-corrected chi connectivity index (χ4v) is 3.12. The number of allylic oxidation sites excluding steroid dienone is 2. The standard InChI is InChI=1S/C17H14BrNO4S/c1-12-7-8-15(16(10-12)24(22)23)19(17(20)21)14-6-2-4-13(11-14)5-3-9-18/h2,4,6-8,10-11,15H,9H2,1H3,(H,20,21). The molecule has 0 bridgehead atoms. The van der Waals surface area contributed by atoms with Crippen molar-refractivity contribution in [2.24, 2.45) is 0 Å². The SMILES string of the molecule is CC1=CC(=S(=O)=O)C(N(C(=O)O)c2cccc(C#CCBr)c2)C=C1. The van der Waals surface area contributed by atoms with E-state index in [1.54, 1.807) is 43.3 Å². The van der Waals surface area contributed by atoms with Crippen LogP contribution in [-0.2, 0) is 10.3 Å². The van der Waals surface area contributed by atoms with E-state index in [0.29, 0.717) is 16.6 Å². The van der Waals surface area contributed by atoms with Gasteiger partial charge in [-0.2, -0.15) is 8.42 Å². The molecule has 0 aromatic heterocycles. The Morgan fingerprint density at radius 3 is 2.79 bits per heavy atom. The summed E-state index contributed by atoms with van der Waals surface area (Å²) in [6, 6.07) is 5.76. The van der Waals surface area contributed by atoms with Gasteiger partial charge in [-0.1, -0.05) is 46.0 Å². The topological polar surface area (TPSA) is 74.7 Å². The van der Waals surface area contributed by atoms with Gasteiger partial charge < -0.3 is 5.11 Å². The Bertz CT molecular complexity index is 911. The van der Waals surface area contributed by atoms with Crippen LogP contribution in [-0.4, -0.2) is 35.9 Å². The Kier molecular flexibility index (Phi) is 6.01. The number of amides is 1. The monoisotopic (exact) mass is 407 g/mol. The molecule has 1 aromatic carbocycles. The minimum absolute atomic E-state index is 0.00865. The third kappa shape index (κ3) is 4.16. The van der Waals surface area contributed by atoms with E-state index in [1.165, 1.54) is 6.08 Å². The molecular weight excluding hydrogens is 394 g/mol. The maximum Gasteiger partial charge on any atom is 0.412 e. The minimum Gasteiger partial charge on any atom is -0.465 e. The van der Waals surface area contributed by atoms with Crippen molar-refractivity contribution < 1.29 is 18.3 Å². The number of rotatable bonds is 2. The zero-order chi connectivity index (χ0) is 17.7. The maximum absolute atomic E-state index is 11.8. The van der Waals surface area contributed by atoms with Crippen molar-refractivity contribution in [3.05, 3.63) is 53.6 Å². The van der Waals surface area contributed by atoms with Crippen molar-refractivity contribution in [1.29, 1.82) is 0 Å². The molecule has 124 valence electrons. The van der Waals surface area contributed by atoms with Gasteiger partial charge in [0.25, 0.3) is 0 Å². The number of nitrogens with zero attached hydrogens (tertiary/aromatic N) is 1. The summed E-state index contributed by atoms with van der Waals surface area (Å²) in [5, 5.41) is 10.1. The largest absolute Gasteiger partial charge is 0.465 e. The Labute approximate surface area is 150 Å². The highest BCUT2D eigenvalue weighted by atomic mass is 79.9. The molecule has 24 heavy (non-hydrogen) atoms. The van der Waals surface area contributed by atoms with Crippen molar-refractivity contribution in [1.82, 2.24) is 0 Å². The molecule has 0 saturated heterocycles. The summed E-state index contributed by atoms with van der Waals surface area (Å²) in [6.45, 7) is 1.75. The molecule has 0 radical (unpaired) electrons. The molecule has 0 saturated carbocycles. The summed E-state index contributed by atoms with van der Waals surface area (Å²) in [5.74, 6) is 5.74. The molecule has 1 unspecified atom stereocenters. The van der Waals surface area contributed by atoms with Crippen molar-refractivity contribution in [2.45, 2.75) is 13.0 Å². The highest BCUT2D eigenvalue weighted by Gasteiger charge is 2.29. The summed E-state index contributed by atoms with van der Waals surface area (Å²) < 4.78 is 23.0. The van der Waals surface area contributed by atoms with Gasteiger partial charge in [-0.05, 0) is 36.8 Å². The molecule has 1 aromatic rings. The lowest BCUT2D eigenvalue weighted by molar-refractivity contribution is 0.201. The third-order valence-electron chi connectivity index (χ3n) is 3.30. The third-order valence-corrected chi connectivity index (χ3v) is 4.33. The first-order chi connectivity index (χ1) is 11.4. The van der Waals surface area contributed by atoms with Crippen LogP contribution in [0.15, 0.2) is 48.1 Å². The van der Waals surface area contributed by atoms with Crippen LogP contribution < -0.4 is 4.90 Å². The average molecular weight is 408 g/mol. The Morgan fingerprint density at radius 1 is 1.42 bits per heavy atom. The maximum atomic E-state index is 11.8. The van der Waals surface area contributed by atoms with Gasteiger partial charge in [0.15, 0.2) is 0 Å². The normalized spacial score (nSPS) is 16.0. The fraction of sp³-hybridized carbons (Fsp3) is 0.176. The predicted molar refractivity (Wildman–Crippen MR) is 98.2 cm³/mol. The zero-order valence-corrected chi connectivity index (χ0v) is 15.1. The van der Waals surface area contributed by atoms with Crippen LogP contribution in [0.2, 0.25) is 0 Å². The van der Waals surface area contributed by atoms with Gasteiger partial charge in [0, 0.05) is 11.3 Å². The summed E-state index contributed by atoms with van der Waals surface area (Å²) in [5.41, 5.74) is 1.75. The highest BCUT2D eigenvalue weighted by Crippen LogP contribution is 2.23. The van der Waals surface area contributed by atoms with Crippen molar-refractivity contribution in [3.8, 4) is 11.8 Å². The molecule has 0 spiro atoms. The number of anilines is 1. The number of alkyl halides is 1. The number of carboxylic acid groups (broad SMARTS) is 1. The molecule has 0 heterocycles. The molecule has 1 aliphatic carbocycles. The average Bonchev–Trinajstić information content (AvgIpc) is 2.54. The van der Waals surface area contributed by atoms with Crippen LogP contribution in [0.5, 0.6) is 0 Å². The quantitative estimate of drug-likeness (QED) is 0.464. The molecule has 1 N–H and O–H groups in total.